The van der Waals surface area contributed by atoms with E-state index in [0.717, 1.165) is 21.9 Å². The van der Waals surface area contributed by atoms with Crippen LogP contribution in [-0.2, 0) is 4.79 Å². The minimum absolute atomic E-state index is 0.00953. The van der Waals surface area contributed by atoms with Gasteiger partial charge in [0.05, 0.1) is 33.4 Å². The topological polar surface area (TPSA) is 65.1 Å². The molecule has 31 heavy (non-hydrogen) atoms. The second-order valence-electron chi connectivity index (χ2n) is 7.83. The third-order valence-electron chi connectivity index (χ3n) is 6.35. The van der Waals surface area contributed by atoms with Crippen molar-refractivity contribution in [2.45, 2.75) is 24.9 Å². The van der Waals surface area contributed by atoms with Crippen LogP contribution in [0.1, 0.15) is 40.4 Å². The highest BCUT2D eigenvalue weighted by Gasteiger charge is 2.47. The van der Waals surface area contributed by atoms with Crippen LogP contribution in [0.15, 0.2) is 48.5 Å². The van der Waals surface area contributed by atoms with Crippen molar-refractivity contribution in [3.05, 3.63) is 65.2 Å². The predicted molar refractivity (Wildman–Crippen MR) is 116 cm³/mol. The summed E-state index contributed by atoms with van der Waals surface area (Å²) < 4.78 is 16.6. The van der Waals surface area contributed by atoms with Crippen molar-refractivity contribution in [2.75, 3.05) is 21.3 Å². The number of hydrogen-bond donors (Lipinski definition) is 0. The van der Waals surface area contributed by atoms with E-state index in [1.54, 1.807) is 26.2 Å². The van der Waals surface area contributed by atoms with Crippen molar-refractivity contribution in [3.63, 3.8) is 0 Å². The number of carbonyl (C=O) groups is 2. The van der Waals surface area contributed by atoms with Crippen LogP contribution in [0.2, 0.25) is 0 Å². The molecule has 2 aliphatic heterocycles. The van der Waals surface area contributed by atoms with Crippen LogP contribution in [-0.4, -0.2) is 44.0 Å². The Morgan fingerprint density at radius 3 is 2.29 bits per heavy atom. The number of ether oxygens (including phenoxy) is 3. The van der Waals surface area contributed by atoms with Gasteiger partial charge >= 0.3 is 0 Å². The molecule has 0 bridgehead atoms. The number of fused-ring (bicyclic) bond motifs is 4. The van der Waals surface area contributed by atoms with Gasteiger partial charge in [0.1, 0.15) is 0 Å². The van der Waals surface area contributed by atoms with Gasteiger partial charge in [-0.15, -0.1) is 0 Å². The lowest BCUT2D eigenvalue weighted by atomic mass is 9.81. The Morgan fingerprint density at radius 1 is 0.903 bits per heavy atom. The van der Waals surface area contributed by atoms with Crippen LogP contribution in [0.4, 0.5) is 0 Å². The molecule has 5 rings (SSSR count). The summed E-state index contributed by atoms with van der Waals surface area (Å²) in [6.07, 6.45) is 0.897. The number of rotatable bonds is 4. The Labute approximate surface area is 180 Å². The van der Waals surface area contributed by atoms with Crippen LogP contribution >= 0.6 is 0 Å². The van der Waals surface area contributed by atoms with E-state index in [9.17, 15) is 9.59 Å². The number of carbonyl (C=O) groups excluding carboxylic acids is 2. The number of Topliss-reactive ketones (excluding diaryl/α,β-unsaturated/α-hetero) is 1. The molecular weight excluding hydrogens is 394 g/mol. The van der Waals surface area contributed by atoms with Gasteiger partial charge in [-0.1, -0.05) is 36.4 Å². The lowest BCUT2D eigenvalue weighted by molar-refractivity contribution is -0.130. The summed E-state index contributed by atoms with van der Waals surface area (Å²) >= 11 is 0. The minimum atomic E-state index is -0.453. The van der Waals surface area contributed by atoms with Gasteiger partial charge in [-0.2, -0.15) is 0 Å². The maximum Gasteiger partial charge on any atom is 0.224 e. The summed E-state index contributed by atoms with van der Waals surface area (Å²) in [4.78, 5) is 28.1. The van der Waals surface area contributed by atoms with Gasteiger partial charge in [0.25, 0.3) is 0 Å². The number of benzene rings is 3. The molecule has 1 amide bonds. The summed E-state index contributed by atoms with van der Waals surface area (Å²) in [6, 6.07) is 14.7. The predicted octanol–water partition coefficient (Wildman–Crippen LogP) is 4.14. The quantitative estimate of drug-likeness (QED) is 0.638. The number of hydrogen-bond acceptors (Lipinski definition) is 5. The highest BCUT2D eigenvalue weighted by atomic mass is 16.5. The summed E-state index contributed by atoms with van der Waals surface area (Å²) in [6.45, 7) is 0. The van der Waals surface area contributed by atoms with Crippen LogP contribution in [0, 0.1) is 0 Å². The molecule has 6 nitrogen and oxygen atoms in total. The van der Waals surface area contributed by atoms with E-state index in [1.807, 2.05) is 48.5 Å². The SMILES string of the molecule is COc1cc([C@@H]2c3c(ccc4ccccc34)C(=O)[C@H]3CCC(=O)N23)cc(OC)c1OC. The molecule has 0 N–H and O–H groups in total. The highest BCUT2D eigenvalue weighted by Crippen LogP contribution is 2.48. The molecule has 1 saturated heterocycles. The summed E-state index contributed by atoms with van der Waals surface area (Å²) in [5.74, 6) is 1.51. The Morgan fingerprint density at radius 2 is 1.61 bits per heavy atom. The zero-order valence-corrected chi connectivity index (χ0v) is 17.7. The van der Waals surface area contributed by atoms with Gasteiger partial charge in [0.2, 0.25) is 11.7 Å². The molecule has 0 saturated carbocycles. The normalized spacial score (nSPS) is 19.9. The number of methoxy groups -OCH3 is 3. The average Bonchev–Trinajstić information content (AvgIpc) is 3.19. The fourth-order valence-electron chi connectivity index (χ4n) is 4.99. The second kappa shape index (κ2) is 7.30. The maximum absolute atomic E-state index is 13.3. The van der Waals surface area contributed by atoms with E-state index in [1.165, 1.54) is 0 Å². The molecule has 0 radical (unpaired) electrons. The lowest BCUT2D eigenvalue weighted by Crippen LogP contribution is -2.46. The van der Waals surface area contributed by atoms with Gasteiger partial charge in [0, 0.05) is 12.0 Å². The zero-order valence-electron chi connectivity index (χ0n) is 17.7. The molecule has 3 aromatic rings. The Hall–Kier alpha value is -3.54. The van der Waals surface area contributed by atoms with E-state index >= 15 is 0 Å². The van der Waals surface area contributed by atoms with Crippen LogP contribution < -0.4 is 14.2 Å². The first-order chi connectivity index (χ1) is 15.1. The van der Waals surface area contributed by atoms with E-state index in [0.29, 0.717) is 35.7 Å². The standard InChI is InChI=1S/C25H23NO5/c1-29-19-12-15(13-20(30-2)25(19)31-3)23-22-16-7-5-4-6-14(16)8-9-17(22)24(28)18-10-11-21(27)26(18)23/h4-9,12-13,18,23H,10-11H2,1-3H3/t18-,23-/m1/s1. The zero-order chi connectivity index (χ0) is 21.7. The molecule has 158 valence electrons. The maximum atomic E-state index is 13.3. The van der Waals surface area contributed by atoms with E-state index < -0.39 is 12.1 Å². The van der Waals surface area contributed by atoms with Crippen LogP contribution in [0.5, 0.6) is 17.2 Å². The van der Waals surface area contributed by atoms with Crippen molar-refractivity contribution < 1.29 is 23.8 Å². The molecule has 2 aliphatic rings. The fourth-order valence-corrected chi connectivity index (χ4v) is 4.99. The first-order valence-electron chi connectivity index (χ1n) is 10.3. The van der Waals surface area contributed by atoms with Crippen LogP contribution in [0.25, 0.3) is 10.8 Å². The molecule has 0 aromatic heterocycles. The largest absolute Gasteiger partial charge is 0.493 e. The molecule has 2 heterocycles. The van der Waals surface area contributed by atoms with Crippen molar-refractivity contribution in [1.29, 1.82) is 0 Å². The Kier molecular flexibility index (Phi) is 4.58. The van der Waals surface area contributed by atoms with Gasteiger partial charge in [-0.05, 0) is 40.5 Å². The Bertz CT molecular complexity index is 1190. The minimum Gasteiger partial charge on any atom is -0.493 e. The lowest BCUT2D eigenvalue weighted by Gasteiger charge is -2.39. The smallest absolute Gasteiger partial charge is 0.224 e. The molecule has 1 fully saturated rings. The van der Waals surface area contributed by atoms with Gasteiger partial charge in [-0.3, -0.25) is 9.59 Å². The van der Waals surface area contributed by atoms with Crippen molar-refractivity contribution in [1.82, 2.24) is 4.90 Å². The summed E-state index contributed by atoms with van der Waals surface area (Å²) in [5, 5.41) is 1.99. The van der Waals surface area contributed by atoms with Crippen LogP contribution in [0.3, 0.4) is 0 Å². The van der Waals surface area contributed by atoms with Gasteiger partial charge < -0.3 is 19.1 Å². The monoisotopic (exact) mass is 417 g/mol. The molecule has 0 unspecified atom stereocenters. The second-order valence-corrected chi connectivity index (χ2v) is 7.83. The van der Waals surface area contributed by atoms with Crippen molar-refractivity contribution in [2.24, 2.45) is 0 Å². The van der Waals surface area contributed by atoms with E-state index in [4.69, 9.17) is 14.2 Å². The van der Waals surface area contributed by atoms with Crippen molar-refractivity contribution in [3.8, 4) is 17.2 Å². The fraction of sp³-hybridized carbons (Fsp3) is 0.280. The van der Waals surface area contributed by atoms with E-state index in [2.05, 4.69) is 0 Å². The third kappa shape index (κ3) is 2.78. The number of ketones is 1. The first kappa shape index (κ1) is 19.4. The first-order valence-corrected chi connectivity index (χ1v) is 10.3. The van der Waals surface area contributed by atoms with Gasteiger partial charge in [0.15, 0.2) is 17.3 Å². The number of nitrogens with zero attached hydrogens (tertiary/aromatic N) is 1. The summed E-state index contributed by atoms with van der Waals surface area (Å²) in [7, 11) is 4.69. The molecule has 3 aromatic carbocycles. The molecular formula is C25H23NO5. The average molecular weight is 417 g/mol. The van der Waals surface area contributed by atoms with E-state index in [-0.39, 0.29) is 11.7 Å². The number of amides is 1. The van der Waals surface area contributed by atoms with Crippen molar-refractivity contribution >= 4 is 22.5 Å². The highest BCUT2D eigenvalue weighted by molar-refractivity contribution is 6.10. The molecule has 6 heteroatoms. The molecule has 0 aliphatic carbocycles. The van der Waals surface area contributed by atoms with Gasteiger partial charge in [-0.25, -0.2) is 0 Å². The Balaban J connectivity index is 1.84. The molecule has 0 spiro atoms. The summed E-state index contributed by atoms with van der Waals surface area (Å²) in [5.41, 5.74) is 2.34. The third-order valence-corrected chi connectivity index (χ3v) is 6.35. The molecule has 2 atom stereocenters.